The summed E-state index contributed by atoms with van der Waals surface area (Å²) in [5.74, 6) is -0.119. The number of β-lactam (4-membered cyclic amide) rings is 1. The molecule has 0 bridgehead atoms. The van der Waals surface area contributed by atoms with Crippen LogP contribution < -0.4 is 5.32 Å². The summed E-state index contributed by atoms with van der Waals surface area (Å²) in [7, 11) is 0. The second-order valence-corrected chi connectivity index (χ2v) is 6.04. The molecule has 22 heavy (non-hydrogen) atoms. The Morgan fingerprint density at radius 3 is 2.86 bits per heavy atom. The molecule has 0 unspecified atom stereocenters. The molecule has 1 N–H and O–H groups in total. The third kappa shape index (κ3) is 2.66. The molecule has 2 amide bonds. The van der Waals surface area contributed by atoms with Gasteiger partial charge in [0.15, 0.2) is 0 Å². The van der Waals surface area contributed by atoms with Gasteiger partial charge in [-0.15, -0.1) is 0 Å². The minimum absolute atomic E-state index is 0.0134. The van der Waals surface area contributed by atoms with Gasteiger partial charge in [-0.1, -0.05) is 30.3 Å². The molecular weight excluding hydrogens is 284 g/mol. The molecule has 2 aliphatic heterocycles. The number of hydrogen-bond acceptors (Lipinski definition) is 4. The van der Waals surface area contributed by atoms with E-state index < -0.39 is 17.9 Å². The Labute approximate surface area is 129 Å². The van der Waals surface area contributed by atoms with Crippen LogP contribution in [0.25, 0.3) is 0 Å². The lowest BCUT2D eigenvalue weighted by Crippen LogP contribution is -2.77. The van der Waals surface area contributed by atoms with E-state index >= 15 is 0 Å². The normalized spacial score (nSPS) is 25.9. The summed E-state index contributed by atoms with van der Waals surface area (Å²) >= 11 is 0. The van der Waals surface area contributed by atoms with Gasteiger partial charge in [0.2, 0.25) is 5.91 Å². The van der Waals surface area contributed by atoms with E-state index in [1.807, 2.05) is 44.2 Å². The Balaban J connectivity index is 1.53. The molecule has 0 aliphatic carbocycles. The third-order valence-corrected chi connectivity index (χ3v) is 4.16. The largest absolute Gasteiger partial charge is 0.445 e. The first-order chi connectivity index (χ1) is 10.5. The minimum Gasteiger partial charge on any atom is -0.445 e. The number of carbonyl (C=O) groups is 2. The second-order valence-electron chi connectivity index (χ2n) is 6.04. The molecule has 118 valence electrons. The summed E-state index contributed by atoms with van der Waals surface area (Å²) in [5.41, 5.74) is 0.304. The van der Waals surface area contributed by atoms with Crippen molar-refractivity contribution < 1.29 is 19.1 Å². The number of hydrogen-bond donors (Lipinski definition) is 1. The van der Waals surface area contributed by atoms with Crippen LogP contribution in [0.4, 0.5) is 4.79 Å². The first-order valence-corrected chi connectivity index (χ1v) is 7.43. The molecule has 2 aliphatic rings. The van der Waals surface area contributed by atoms with Gasteiger partial charge in [-0.2, -0.15) is 0 Å². The highest BCUT2D eigenvalue weighted by atomic mass is 16.5. The monoisotopic (exact) mass is 304 g/mol. The van der Waals surface area contributed by atoms with Crippen molar-refractivity contribution in [2.45, 2.75) is 44.7 Å². The minimum atomic E-state index is -0.605. The zero-order valence-corrected chi connectivity index (χ0v) is 12.7. The van der Waals surface area contributed by atoms with Crippen LogP contribution in [0.1, 0.15) is 25.8 Å². The molecule has 0 spiro atoms. The maximum absolute atomic E-state index is 12.2. The summed E-state index contributed by atoms with van der Waals surface area (Å²) in [6.45, 7) is 4.50. The molecule has 2 atom stereocenters. The van der Waals surface area contributed by atoms with Gasteiger partial charge in [0.1, 0.15) is 18.4 Å². The molecule has 1 aromatic rings. The molecule has 2 heterocycles. The number of ether oxygens (including phenoxy) is 2. The van der Waals surface area contributed by atoms with Crippen molar-refractivity contribution in [2.24, 2.45) is 0 Å². The molecule has 0 radical (unpaired) electrons. The van der Waals surface area contributed by atoms with Crippen LogP contribution in [0.15, 0.2) is 30.3 Å². The first-order valence-electron chi connectivity index (χ1n) is 7.43. The Bertz CT molecular complexity index is 573. The lowest BCUT2D eigenvalue weighted by molar-refractivity contribution is -0.225. The first kappa shape index (κ1) is 14.8. The number of benzene rings is 1. The topological polar surface area (TPSA) is 67.9 Å². The number of carbonyl (C=O) groups excluding carboxylic acids is 2. The van der Waals surface area contributed by atoms with Gasteiger partial charge in [0.05, 0.1) is 12.6 Å². The molecule has 6 nitrogen and oxygen atoms in total. The van der Waals surface area contributed by atoms with Gasteiger partial charge in [-0.3, -0.25) is 4.79 Å². The van der Waals surface area contributed by atoms with Crippen LogP contribution in [0.2, 0.25) is 0 Å². The van der Waals surface area contributed by atoms with Gasteiger partial charge in [0, 0.05) is 0 Å². The number of alkyl carbamates (subject to hydrolysis) is 1. The number of fused-ring (bicyclic) bond motifs is 1. The second kappa shape index (κ2) is 5.61. The van der Waals surface area contributed by atoms with E-state index in [1.54, 1.807) is 4.90 Å². The van der Waals surface area contributed by atoms with Gasteiger partial charge in [-0.05, 0) is 25.8 Å². The average Bonchev–Trinajstić information content (AvgIpc) is 2.50. The fourth-order valence-corrected chi connectivity index (χ4v) is 3.05. The van der Waals surface area contributed by atoms with Crippen LogP contribution >= 0.6 is 0 Å². The highest BCUT2D eigenvalue weighted by Gasteiger charge is 2.56. The Morgan fingerprint density at radius 2 is 2.14 bits per heavy atom. The van der Waals surface area contributed by atoms with Crippen molar-refractivity contribution >= 4 is 12.0 Å². The zero-order valence-electron chi connectivity index (χ0n) is 12.7. The van der Waals surface area contributed by atoms with Crippen molar-refractivity contribution in [2.75, 3.05) is 6.61 Å². The third-order valence-electron chi connectivity index (χ3n) is 4.16. The zero-order chi connectivity index (χ0) is 15.7. The summed E-state index contributed by atoms with van der Waals surface area (Å²) in [4.78, 5) is 25.8. The lowest BCUT2D eigenvalue weighted by atomic mass is 9.88. The van der Waals surface area contributed by atoms with Crippen molar-refractivity contribution in [3.8, 4) is 0 Å². The summed E-state index contributed by atoms with van der Waals surface area (Å²) < 4.78 is 10.8. The van der Waals surface area contributed by atoms with Gasteiger partial charge >= 0.3 is 6.09 Å². The predicted octanol–water partition coefficient (Wildman–Crippen LogP) is 1.65. The number of amides is 2. The van der Waals surface area contributed by atoms with Crippen LogP contribution in [0, 0.1) is 0 Å². The van der Waals surface area contributed by atoms with E-state index in [0.29, 0.717) is 6.61 Å². The molecule has 0 saturated carbocycles. The maximum atomic E-state index is 12.2. The highest BCUT2D eigenvalue weighted by Crippen LogP contribution is 2.36. The maximum Gasteiger partial charge on any atom is 0.408 e. The van der Waals surface area contributed by atoms with Crippen LogP contribution in [0.5, 0.6) is 0 Å². The molecule has 2 fully saturated rings. The van der Waals surface area contributed by atoms with Crippen LogP contribution in [-0.4, -0.2) is 41.3 Å². The Morgan fingerprint density at radius 1 is 1.41 bits per heavy atom. The van der Waals surface area contributed by atoms with Gasteiger partial charge in [-0.25, -0.2) is 4.79 Å². The van der Waals surface area contributed by atoms with Gasteiger partial charge < -0.3 is 19.7 Å². The fraction of sp³-hybridized carbons (Fsp3) is 0.500. The van der Waals surface area contributed by atoms with Crippen LogP contribution in [-0.2, 0) is 20.9 Å². The average molecular weight is 304 g/mol. The van der Waals surface area contributed by atoms with E-state index in [-0.39, 0.29) is 18.6 Å². The standard InChI is InChI=1S/C16H20N2O4/c1-16(2)18-12(8-9-22-16)13(14(18)19)17-15(20)21-10-11-6-4-3-5-7-11/h3-7,12-13H,8-10H2,1-2H3,(H,17,20)/t12-,13-/m0/s1. The number of rotatable bonds is 3. The van der Waals surface area contributed by atoms with E-state index in [2.05, 4.69) is 5.32 Å². The Hall–Kier alpha value is -2.08. The number of nitrogens with one attached hydrogen (secondary N) is 1. The highest BCUT2D eigenvalue weighted by molar-refractivity contribution is 5.93. The van der Waals surface area contributed by atoms with E-state index in [9.17, 15) is 9.59 Å². The smallest absolute Gasteiger partial charge is 0.408 e. The molecular formula is C16H20N2O4. The van der Waals surface area contributed by atoms with Gasteiger partial charge in [0.25, 0.3) is 0 Å². The summed E-state index contributed by atoms with van der Waals surface area (Å²) in [6, 6.07) is 8.90. The predicted molar refractivity (Wildman–Crippen MR) is 78.8 cm³/mol. The molecule has 2 saturated heterocycles. The van der Waals surface area contributed by atoms with E-state index in [4.69, 9.17) is 9.47 Å². The molecule has 6 heteroatoms. The lowest BCUT2D eigenvalue weighted by Gasteiger charge is -2.57. The van der Waals surface area contributed by atoms with Crippen molar-refractivity contribution in [1.82, 2.24) is 10.2 Å². The van der Waals surface area contributed by atoms with Crippen LogP contribution in [0.3, 0.4) is 0 Å². The molecule has 0 aromatic heterocycles. The molecule has 1 aromatic carbocycles. The fourth-order valence-electron chi connectivity index (χ4n) is 3.05. The summed E-state index contributed by atoms with van der Waals surface area (Å²) in [5, 5.41) is 2.67. The van der Waals surface area contributed by atoms with E-state index in [1.165, 1.54) is 0 Å². The van der Waals surface area contributed by atoms with Crippen molar-refractivity contribution in [3.05, 3.63) is 35.9 Å². The number of nitrogens with zero attached hydrogens (tertiary/aromatic N) is 1. The van der Waals surface area contributed by atoms with E-state index in [0.717, 1.165) is 12.0 Å². The quantitative estimate of drug-likeness (QED) is 0.862. The Kier molecular flexibility index (Phi) is 3.78. The SMILES string of the molecule is CC1(C)OCC[C@H]2[C@H](NC(=O)OCc3ccccc3)C(=O)N21. The van der Waals surface area contributed by atoms with Crippen molar-refractivity contribution in [3.63, 3.8) is 0 Å². The molecule has 3 rings (SSSR count). The summed E-state index contributed by atoms with van der Waals surface area (Å²) in [6.07, 6.45) is 0.157. The van der Waals surface area contributed by atoms with Crippen molar-refractivity contribution in [1.29, 1.82) is 0 Å².